The lowest BCUT2D eigenvalue weighted by atomic mass is 10.1. The highest BCUT2D eigenvalue weighted by molar-refractivity contribution is 5.34. The summed E-state index contributed by atoms with van der Waals surface area (Å²) in [4.78, 5) is 0. The molecule has 0 amide bonds. The van der Waals surface area contributed by atoms with Crippen LogP contribution in [-0.2, 0) is 0 Å². The third kappa shape index (κ3) is 3.13. The van der Waals surface area contributed by atoms with E-state index in [9.17, 15) is 5.11 Å². The molecule has 1 unspecified atom stereocenters. The van der Waals surface area contributed by atoms with Crippen molar-refractivity contribution in [2.24, 2.45) is 0 Å². The number of aliphatic hydroxyl groups excluding tert-OH is 1. The van der Waals surface area contributed by atoms with Crippen LogP contribution in [0.25, 0.3) is 0 Å². The molecule has 0 aliphatic carbocycles. The largest absolute Gasteiger partial charge is 0.457 e. The van der Waals surface area contributed by atoms with Gasteiger partial charge in [0.2, 0.25) is 0 Å². The third-order valence-electron chi connectivity index (χ3n) is 2.53. The molecule has 2 aromatic rings. The van der Waals surface area contributed by atoms with Gasteiger partial charge in [0.15, 0.2) is 0 Å². The Kier molecular flexibility index (Phi) is 4.01. The molecular weight excluding hydrogens is 224 g/mol. The topological polar surface area (TPSA) is 29.5 Å². The van der Waals surface area contributed by atoms with Crippen molar-refractivity contribution in [3.8, 4) is 23.8 Å². The summed E-state index contributed by atoms with van der Waals surface area (Å²) < 4.78 is 5.68. The molecule has 0 radical (unpaired) electrons. The molecule has 1 N–H and O–H groups in total. The molecule has 0 heterocycles. The van der Waals surface area contributed by atoms with Gasteiger partial charge in [-0.2, -0.15) is 0 Å². The van der Waals surface area contributed by atoms with Crippen LogP contribution in [-0.4, -0.2) is 5.11 Å². The number of aliphatic hydroxyl groups is 1. The van der Waals surface area contributed by atoms with Gasteiger partial charge in [0.05, 0.1) is 6.10 Å². The zero-order valence-corrected chi connectivity index (χ0v) is 9.91. The summed E-state index contributed by atoms with van der Waals surface area (Å²) in [6.07, 6.45) is 4.84. The number of ether oxygens (including phenoxy) is 1. The molecule has 0 spiro atoms. The monoisotopic (exact) mass is 238 g/mol. The van der Waals surface area contributed by atoms with Crippen molar-refractivity contribution in [2.75, 3.05) is 0 Å². The Labute approximate surface area is 107 Å². The van der Waals surface area contributed by atoms with Crippen LogP contribution in [0.15, 0.2) is 54.6 Å². The summed E-state index contributed by atoms with van der Waals surface area (Å²) in [5.74, 6) is 3.90. The average Bonchev–Trinajstić information content (AvgIpc) is 2.40. The maximum absolute atomic E-state index is 9.81. The van der Waals surface area contributed by atoms with Gasteiger partial charge >= 0.3 is 0 Å². The van der Waals surface area contributed by atoms with Gasteiger partial charge in [0.1, 0.15) is 11.5 Å². The van der Waals surface area contributed by atoms with Gasteiger partial charge < -0.3 is 9.84 Å². The van der Waals surface area contributed by atoms with Crippen molar-refractivity contribution >= 4 is 0 Å². The number of rotatable bonds is 4. The maximum Gasteiger partial charge on any atom is 0.127 e. The molecule has 0 fully saturated rings. The summed E-state index contributed by atoms with van der Waals surface area (Å²) in [7, 11) is 0. The standard InChI is InChI=1S/C16H14O2/c1-2-7-16(17)13-8-6-11-15(12-13)18-14-9-4-3-5-10-14/h1,3-6,8-12,16-17H,7H2. The van der Waals surface area contributed by atoms with E-state index in [1.54, 1.807) is 6.07 Å². The van der Waals surface area contributed by atoms with E-state index < -0.39 is 6.10 Å². The average molecular weight is 238 g/mol. The molecule has 90 valence electrons. The zero-order valence-electron chi connectivity index (χ0n) is 9.91. The minimum atomic E-state index is -0.644. The molecule has 2 nitrogen and oxygen atoms in total. The molecule has 0 saturated carbocycles. The smallest absolute Gasteiger partial charge is 0.127 e. The van der Waals surface area contributed by atoms with Crippen LogP contribution < -0.4 is 4.74 Å². The second-order valence-corrected chi connectivity index (χ2v) is 3.91. The van der Waals surface area contributed by atoms with E-state index in [4.69, 9.17) is 11.2 Å². The Hall–Kier alpha value is -2.24. The van der Waals surface area contributed by atoms with E-state index in [0.717, 1.165) is 11.3 Å². The second kappa shape index (κ2) is 5.90. The van der Waals surface area contributed by atoms with Crippen LogP contribution in [0.4, 0.5) is 0 Å². The van der Waals surface area contributed by atoms with E-state index in [1.807, 2.05) is 48.5 Å². The minimum absolute atomic E-state index is 0.300. The van der Waals surface area contributed by atoms with Crippen molar-refractivity contribution in [1.82, 2.24) is 0 Å². The first-order chi connectivity index (χ1) is 8.79. The fraction of sp³-hybridized carbons (Fsp3) is 0.125. The predicted octanol–water partition coefficient (Wildman–Crippen LogP) is 3.54. The predicted molar refractivity (Wildman–Crippen MR) is 71.4 cm³/mol. The van der Waals surface area contributed by atoms with Gasteiger partial charge in [-0.05, 0) is 29.8 Å². The van der Waals surface area contributed by atoms with Crippen LogP contribution in [0.2, 0.25) is 0 Å². The number of para-hydroxylation sites is 1. The number of hydrogen-bond donors (Lipinski definition) is 1. The fourth-order valence-corrected chi connectivity index (χ4v) is 1.64. The second-order valence-electron chi connectivity index (χ2n) is 3.91. The summed E-state index contributed by atoms with van der Waals surface area (Å²) in [5, 5.41) is 9.81. The van der Waals surface area contributed by atoms with Gasteiger partial charge in [0.25, 0.3) is 0 Å². The number of hydrogen-bond acceptors (Lipinski definition) is 2. The van der Waals surface area contributed by atoms with Crippen LogP contribution in [0, 0.1) is 12.3 Å². The molecule has 2 rings (SSSR count). The van der Waals surface area contributed by atoms with Crippen molar-refractivity contribution in [3.05, 3.63) is 60.2 Å². The van der Waals surface area contributed by atoms with E-state index >= 15 is 0 Å². The normalized spacial score (nSPS) is 11.6. The molecule has 0 aromatic heterocycles. The SMILES string of the molecule is C#CCC(O)c1cccc(Oc2ccccc2)c1. The van der Waals surface area contributed by atoms with Crippen LogP contribution in [0.3, 0.4) is 0 Å². The molecule has 0 bridgehead atoms. The van der Waals surface area contributed by atoms with Crippen molar-refractivity contribution in [3.63, 3.8) is 0 Å². The maximum atomic E-state index is 9.81. The third-order valence-corrected chi connectivity index (χ3v) is 2.53. The summed E-state index contributed by atoms with van der Waals surface area (Å²) in [6.45, 7) is 0. The first kappa shape index (κ1) is 12.2. The molecule has 0 aliphatic heterocycles. The molecule has 0 saturated heterocycles. The van der Waals surface area contributed by atoms with E-state index in [2.05, 4.69) is 5.92 Å². The Morgan fingerprint density at radius 3 is 2.50 bits per heavy atom. The quantitative estimate of drug-likeness (QED) is 0.825. The summed E-state index contributed by atoms with van der Waals surface area (Å²) >= 11 is 0. The minimum Gasteiger partial charge on any atom is -0.457 e. The van der Waals surface area contributed by atoms with Crippen LogP contribution in [0.1, 0.15) is 18.1 Å². The van der Waals surface area contributed by atoms with E-state index in [0.29, 0.717) is 12.2 Å². The zero-order chi connectivity index (χ0) is 12.8. The van der Waals surface area contributed by atoms with Crippen LogP contribution in [0.5, 0.6) is 11.5 Å². The Bertz CT molecular complexity index is 541. The van der Waals surface area contributed by atoms with Crippen molar-refractivity contribution in [1.29, 1.82) is 0 Å². The van der Waals surface area contributed by atoms with Gasteiger partial charge in [-0.25, -0.2) is 0 Å². The van der Waals surface area contributed by atoms with Crippen molar-refractivity contribution < 1.29 is 9.84 Å². The molecule has 0 aliphatic rings. The highest BCUT2D eigenvalue weighted by atomic mass is 16.5. The Morgan fingerprint density at radius 2 is 1.78 bits per heavy atom. The molecule has 1 atom stereocenters. The molecule has 2 heteroatoms. The van der Waals surface area contributed by atoms with Crippen LogP contribution >= 0.6 is 0 Å². The van der Waals surface area contributed by atoms with Gasteiger partial charge in [0, 0.05) is 6.42 Å². The summed E-state index contributed by atoms with van der Waals surface area (Å²) in [5.41, 5.74) is 0.765. The Balaban J connectivity index is 2.15. The summed E-state index contributed by atoms with van der Waals surface area (Å²) in [6, 6.07) is 16.8. The molecule has 18 heavy (non-hydrogen) atoms. The highest BCUT2D eigenvalue weighted by Crippen LogP contribution is 2.25. The van der Waals surface area contributed by atoms with E-state index in [-0.39, 0.29) is 0 Å². The number of benzene rings is 2. The number of terminal acetylenes is 1. The van der Waals surface area contributed by atoms with Gasteiger partial charge in [-0.1, -0.05) is 30.3 Å². The van der Waals surface area contributed by atoms with Crippen molar-refractivity contribution in [2.45, 2.75) is 12.5 Å². The van der Waals surface area contributed by atoms with E-state index in [1.165, 1.54) is 0 Å². The molecular formula is C16H14O2. The lowest BCUT2D eigenvalue weighted by Gasteiger charge is -2.10. The first-order valence-electron chi connectivity index (χ1n) is 5.74. The lowest BCUT2D eigenvalue weighted by Crippen LogP contribution is -1.96. The first-order valence-corrected chi connectivity index (χ1v) is 5.74. The fourth-order valence-electron chi connectivity index (χ4n) is 1.64. The van der Waals surface area contributed by atoms with Gasteiger partial charge in [-0.3, -0.25) is 0 Å². The molecule has 2 aromatic carbocycles. The highest BCUT2D eigenvalue weighted by Gasteiger charge is 2.07. The van der Waals surface area contributed by atoms with Gasteiger partial charge in [-0.15, -0.1) is 12.3 Å². The Morgan fingerprint density at radius 1 is 1.06 bits per heavy atom. The lowest BCUT2D eigenvalue weighted by molar-refractivity contribution is 0.183.